The summed E-state index contributed by atoms with van der Waals surface area (Å²) in [6.07, 6.45) is 5.44. The van der Waals surface area contributed by atoms with Crippen molar-refractivity contribution >= 4 is 17.8 Å². The van der Waals surface area contributed by atoms with Gasteiger partial charge < -0.3 is 14.7 Å². The van der Waals surface area contributed by atoms with E-state index in [1.165, 1.54) is 19.5 Å². The van der Waals surface area contributed by atoms with Crippen LogP contribution in [-0.4, -0.2) is 46.2 Å². The van der Waals surface area contributed by atoms with Crippen molar-refractivity contribution in [2.24, 2.45) is 0 Å². The smallest absolute Gasteiger partial charge is 0.358 e. The molecule has 1 aliphatic heterocycles. The van der Waals surface area contributed by atoms with Crippen LogP contribution in [0.2, 0.25) is 0 Å². The molecule has 0 amide bonds. The maximum atomic E-state index is 11.8. The molecule has 7 nitrogen and oxygen atoms in total. The van der Waals surface area contributed by atoms with Crippen LogP contribution in [0.25, 0.3) is 0 Å². The summed E-state index contributed by atoms with van der Waals surface area (Å²) in [6, 6.07) is 0. The van der Waals surface area contributed by atoms with Gasteiger partial charge in [0.25, 0.3) is 0 Å². The lowest BCUT2D eigenvalue weighted by atomic mass is 9.90. The van der Waals surface area contributed by atoms with E-state index in [2.05, 4.69) is 14.7 Å². The molecule has 0 bridgehead atoms. The topological polar surface area (TPSA) is 92.6 Å². The molecule has 21 heavy (non-hydrogen) atoms. The van der Waals surface area contributed by atoms with Crippen LogP contribution in [0.4, 0.5) is 5.82 Å². The minimum atomic E-state index is -0.960. The van der Waals surface area contributed by atoms with Crippen LogP contribution in [-0.2, 0) is 9.53 Å². The number of aromatic nitrogens is 2. The van der Waals surface area contributed by atoms with Crippen molar-refractivity contribution in [3.8, 4) is 0 Å². The Morgan fingerprint density at radius 1 is 1.48 bits per heavy atom. The Bertz CT molecular complexity index is 549. The van der Waals surface area contributed by atoms with E-state index in [-0.39, 0.29) is 5.69 Å². The highest BCUT2D eigenvalue weighted by Crippen LogP contribution is 2.36. The molecule has 1 saturated heterocycles. The van der Waals surface area contributed by atoms with Crippen molar-refractivity contribution in [3.05, 3.63) is 18.1 Å². The SMILES string of the molecule is CCCC1(C(=O)O)CCCN1c1cncc(C(=O)OC)n1. The van der Waals surface area contributed by atoms with E-state index >= 15 is 0 Å². The summed E-state index contributed by atoms with van der Waals surface area (Å²) in [7, 11) is 1.27. The second-order valence-electron chi connectivity index (χ2n) is 5.10. The average molecular weight is 293 g/mol. The van der Waals surface area contributed by atoms with Crippen LogP contribution in [0.3, 0.4) is 0 Å². The van der Waals surface area contributed by atoms with E-state index in [0.29, 0.717) is 25.2 Å². The Hall–Kier alpha value is -2.18. The van der Waals surface area contributed by atoms with Gasteiger partial charge in [0.1, 0.15) is 11.4 Å². The van der Waals surface area contributed by atoms with Gasteiger partial charge in [-0.25, -0.2) is 14.6 Å². The van der Waals surface area contributed by atoms with Gasteiger partial charge in [0, 0.05) is 6.54 Å². The van der Waals surface area contributed by atoms with Crippen molar-refractivity contribution in [1.82, 2.24) is 9.97 Å². The first-order valence-electron chi connectivity index (χ1n) is 6.96. The summed E-state index contributed by atoms with van der Waals surface area (Å²) in [5.74, 6) is -1.03. The molecule has 2 rings (SSSR count). The Kier molecular flexibility index (Phi) is 4.40. The van der Waals surface area contributed by atoms with E-state index in [1.807, 2.05) is 6.92 Å². The molecule has 1 fully saturated rings. The van der Waals surface area contributed by atoms with E-state index < -0.39 is 17.5 Å². The second-order valence-corrected chi connectivity index (χ2v) is 5.10. The summed E-state index contributed by atoms with van der Waals surface area (Å²) < 4.78 is 4.62. The lowest BCUT2D eigenvalue weighted by Crippen LogP contribution is -2.51. The Morgan fingerprint density at radius 2 is 2.24 bits per heavy atom. The van der Waals surface area contributed by atoms with Crippen molar-refractivity contribution < 1.29 is 19.4 Å². The average Bonchev–Trinajstić information content (AvgIpc) is 2.92. The van der Waals surface area contributed by atoms with Crippen molar-refractivity contribution in [3.63, 3.8) is 0 Å². The molecular weight excluding hydrogens is 274 g/mol. The molecule has 7 heteroatoms. The number of hydrogen-bond donors (Lipinski definition) is 1. The fourth-order valence-corrected chi connectivity index (χ4v) is 2.90. The maximum absolute atomic E-state index is 11.8. The number of carbonyl (C=O) groups is 2. The van der Waals surface area contributed by atoms with Gasteiger partial charge in [0.05, 0.1) is 19.5 Å². The van der Waals surface area contributed by atoms with Gasteiger partial charge >= 0.3 is 11.9 Å². The highest BCUT2D eigenvalue weighted by atomic mass is 16.5. The summed E-state index contributed by atoms with van der Waals surface area (Å²) >= 11 is 0. The number of rotatable bonds is 5. The fraction of sp³-hybridized carbons (Fsp3) is 0.571. The molecule has 1 aromatic heterocycles. The zero-order valence-electron chi connectivity index (χ0n) is 12.2. The number of carbonyl (C=O) groups excluding carboxylic acids is 1. The number of aliphatic carboxylic acids is 1. The molecule has 0 radical (unpaired) electrons. The number of anilines is 1. The highest BCUT2D eigenvalue weighted by Gasteiger charge is 2.47. The first kappa shape index (κ1) is 15.2. The Labute approximate surface area is 123 Å². The number of methoxy groups -OCH3 is 1. The third-order valence-electron chi connectivity index (χ3n) is 3.84. The Balaban J connectivity index is 2.39. The number of ether oxygens (including phenoxy) is 1. The van der Waals surface area contributed by atoms with Gasteiger partial charge in [-0.1, -0.05) is 13.3 Å². The molecule has 1 N–H and O–H groups in total. The predicted molar refractivity (Wildman–Crippen MR) is 75.2 cm³/mol. The monoisotopic (exact) mass is 293 g/mol. The van der Waals surface area contributed by atoms with Gasteiger partial charge in [-0.3, -0.25) is 4.98 Å². The first-order valence-corrected chi connectivity index (χ1v) is 6.96. The lowest BCUT2D eigenvalue weighted by Gasteiger charge is -2.35. The van der Waals surface area contributed by atoms with E-state index in [9.17, 15) is 14.7 Å². The lowest BCUT2D eigenvalue weighted by molar-refractivity contribution is -0.143. The minimum Gasteiger partial charge on any atom is -0.479 e. The largest absolute Gasteiger partial charge is 0.479 e. The molecule has 114 valence electrons. The number of esters is 1. The molecule has 1 aliphatic rings. The summed E-state index contributed by atoms with van der Waals surface area (Å²) in [5, 5.41) is 9.67. The molecule has 0 aliphatic carbocycles. The minimum absolute atomic E-state index is 0.0812. The van der Waals surface area contributed by atoms with Crippen LogP contribution in [0.5, 0.6) is 0 Å². The van der Waals surface area contributed by atoms with Crippen LogP contribution in [0, 0.1) is 0 Å². The van der Waals surface area contributed by atoms with Gasteiger partial charge in [-0.05, 0) is 19.3 Å². The summed E-state index contributed by atoms with van der Waals surface area (Å²) in [6.45, 7) is 2.54. The van der Waals surface area contributed by atoms with Crippen molar-refractivity contribution in [1.29, 1.82) is 0 Å². The third-order valence-corrected chi connectivity index (χ3v) is 3.84. The molecule has 0 saturated carbocycles. The van der Waals surface area contributed by atoms with E-state index in [1.54, 1.807) is 4.90 Å². The van der Waals surface area contributed by atoms with Crippen molar-refractivity contribution in [2.45, 2.75) is 38.1 Å². The highest BCUT2D eigenvalue weighted by molar-refractivity contribution is 5.88. The molecule has 0 spiro atoms. The van der Waals surface area contributed by atoms with Crippen LogP contribution >= 0.6 is 0 Å². The van der Waals surface area contributed by atoms with Crippen LogP contribution in [0.1, 0.15) is 43.1 Å². The predicted octanol–water partition coefficient (Wildman–Crippen LogP) is 1.49. The molecule has 1 unspecified atom stereocenters. The summed E-state index contributed by atoms with van der Waals surface area (Å²) in [4.78, 5) is 33.3. The molecule has 1 atom stereocenters. The number of carboxylic acids is 1. The zero-order chi connectivity index (χ0) is 15.5. The standard InChI is InChI=1S/C14H19N3O4/c1-3-5-14(13(19)20)6-4-7-17(14)11-9-15-8-10(16-11)12(18)21-2/h8-9H,3-7H2,1-2H3,(H,19,20). The zero-order valence-corrected chi connectivity index (χ0v) is 12.2. The van der Waals surface area contributed by atoms with Gasteiger partial charge in [0.15, 0.2) is 5.69 Å². The number of hydrogen-bond acceptors (Lipinski definition) is 6. The molecule has 2 heterocycles. The molecule has 1 aromatic rings. The number of carboxylic acid groups (broad SMARTS) is 1. The molecule has 0 aromatic carbocycles. The van der Waals surface area contributed by atoms with E-state index in [4.69, 9.17) is 0 Å². The van der Waals surface area contributed by atoms with Crippen molar-refractivity contribution in [2.75, 3.05) is 18.6 Å². The quantitative estimate of drug-likeness (QED) is 0.822. The Morgan fingerprint density at radius 3 is 2.86 bits per heavy atom. The normalized spacial score (nSPS) is 21.3. The fourth-order valence-electron chi connectivity index (χ4n) is 2.90. The van der Waals surface area contributed by atoms with E-state index in [0.717, 1.165) is 12.8 Å². The number of nitrogens with zero attached hydrogens (tertiary/aromatic N) is 3. The van der Waals surface area contributed by atoms with Gasteiger partial charge in [-0.2, -0.15) is 0 Å². The first-order chi connectivity index (χ1) is 10.0. The third kappa shape index (κ3) is 2.68. The summed E-state index contributed by atoms with van der Waals surface area (Å²) in [5.41, 5.74) is -0.879. The molecular formula is C14H19N3O4. The van der Waals surface area contributed by atoms with Gasteiger partial charge in [0.2, 0.25) is 0 Å². The second kappa shape index (κ2) is 6.07. The van der Waals surface area contributed by atoms with Crippen LogP contribution in [0.15, 0.2) is 12.4 Å². The maximum Gasteiger partial charge on any atom is 0.358 e. The van der Waals surface area contributed by atoms with Crippen LogP contribution < -0.4 is 4.90 Å². The van der Waals surface area contributed by atoms with Gasteiger partial charge in [-0.15, -0.1) is 0 Å².